The van der Waals surface area contributed by atoms with Crippen molar-refractivity contribution in [1.82, 2.24) is 0 Å². The molecule has 0 aliphatic carbocycles. The Labute approximate surface area is 196 Å². The number of hydrogen-bond donors (Lipinski definition) is 1. The van der Waals surface area contributed by atoms with Crippen molar-refractivity contribution in [1.29, 1.82) is 0 Å². The van der Waals surface area contributed by atoms with Crippen LogP contribution in [0.4, 0.5) is 17.1 Å². The van der Waals surface area contributed by atoms with E-state index < -0.39 is 4.87 Å². The molecule has 1 unspecified atom stereocenters. The van der Waals surface area contributed by atoms with Crippen LogP contribution in [0.2, 0.25) is 0 Å². The fourth-order valence-corrected chi connectivity index (χ4v) is 5.81. The van der Waals surface area contributed by atoms with Crippen LogP contribution in [-0.2, 0) is 19.3 Å². The number of hydrogen-bond acceptors (Lipinski definition) is 4. The Bertz CT molecular complexity index is 1270. The van der Waals surface area contributed by atoms with Gasteiger partial charge in [-0.3, -0.25) is 24.2 Å². The lowest BCUT2D eigenvalue weighted by atomic mass is 10.0. The Balaban J connectivity index is 1.52. The van der Waals surface area contributed by atoms with Crippen molar-refractivity contribution in [3.05, 3.63) is 89.5 Å². The first kappa shape index (κ1) is 21.3. The zero-order valence-electron chi connectivity index (χ0n) is 18.4. The number of anilines is 3. The summed E-state index contributed by atoms with van der Waals surface area (Å²) in [6.45, 7) is 3.76. The summed E-state index contributed by atoms with van der Waals surface area (Å²) < 4.78 is 0. The molecule has 2 aliphatic rings. The molecule has 1 spiro atoms. The molecule has 7 heteroatoms. The maximum Gasteiger partial charge on any atom is 0.269 e. The van der Waals surface area contributed by atoms with Gasteiger partial charge < -0.3 is 5.32 Å². The summed E-state index contributed by atoms with van der Waals surface area (Å²) in [5.74, 6) is -0.504. The monoisotopic (exact) mass is 457 g/mol. The summed E-state index contributed by atoms with van der Waals surface area (Å²) >= 11 is 1.31. The number of carbonyl (C=O) groups is 3. The van der Waals surface area contributed by atoms with Gasteiger partial charge in [0.1, 0.15) is 6.54 Å². The van der Waals surface area contributed by atoms with Crippen LogP contribution in [0.5, 0.6) is 0 Å². The Morgan fingerprint density at radius 1 is 0.970 bits per heavy atom. The van der Waals surface area contributed by atoms with Crippen LogP contribution in [0.3, 0.4) is 0 Å². The van der Waals surface area contributed by atoms with Crippen LogP contribution in [0, 0.1) is 13.8 Å². The van der Waals surface area contributed by atoms with Crippen molar-refractivity contribution >= 4 is 46.5 Å². The molecule has 2 aliphatic heterocycles. The van der Waals surface area contributed by atoms with Crippen molar-refractivity contribution in [2.24, 2.45) is 0 Å². The fraction of sp³-hybridized carbons (Fsp3) is 0.192. The average Bonchev–Trinajstić information content (AvgIpc) is 3.27. The predicted octanol–water partition coefficient (Wildman–Crippen LogP) is 4.22. The van der Waals surface area contributed by atoms with Gasteiger partial charge in [0.2, 0.25) is 16.7 Å². The molecule has 0 radical (unpaired) electrons. The lowest BCUT2D eigenvalue weighted by Crippen LogP contribution is -2.50. The summed E-state index contributed by atoms with van der Waals surface area (Å²) in [7, 11) is 0. The number of para-hydroxylation sites is 2. The highest BCUT2D eigenvalue weighted by molar-refractivity contribution is 8.02. The molecule has 0 aromatic heterocycles. The van der Waals surface area contributed by atoms with Gasteiger partial charge in [-0.1, -0.05) is 54.1 Å². The number of nitrogens with one attached hydrogen (secondary N) is 1. The molecule has 0 saturated carbocycles. The number of rotatable bonds is 4. The standard InChI is InChI=1S/C26H23N3O3S/c1-17-11-13-19(14-12-17)29-24(31)16-33-26(29)20-8-4-6-10-22(20)28(25(26)32)15-23(30)27-21-9-5-3-7-18(21)2/h3-14H,15-16H2,1-2H3,(H,27,30). The van der Waals surface area contributed by atoms with E-state index in [0.29, 0.717) is 17.1 Å². The number of benzene rings is 3. The largest absolute Gasteiger partial charge is 0.324 e. The summed E-state index contributed by atoms with van der Waals surface area (Å²) in [5.41, 5.74) is 4.78. The van der Waals surface area contributed by atoms with Gasteiger partial charge >= 0.3 is 0 Å². The van der Waals surface area contributed by atoms with Crippen molar-refractivity contribution in [2.45, 2.75) is 18.7 Å². The lowest BCUT2D eigenvalue weighted by molar-refractivity contribution is -0.124. The maximum atomic E-state index is 14.0. The fourth-order valence-electron chi connectivity index (χ4n) is 4.45. The minimum atomic E-state index is -1.22. The molecule has 5 rings (SSSR count). The molecular weight excluding hydrogens is 434 g/mol. The van der Waals surface area contributed by atoms with Crippen LogP contribution in [0.25, 0.3) is 0 Å². The van der Waals surface area contributed by atoms with E-state index in [1.54, 1.807) is 4.90 Å². The van der Waals surface area contributed by atoms with E-state index in [2.05, 4.69) is 5.32 Å². The Morgan fingerprint density at radius 2 is 1.67 bits per heavy atom. The summed E-state index contributed by atoms with van der Waals surface area (Å²) in [6.07, 6.45) is 0. The molecular formula is C26H23N3O3S. The molecule has 3 amide bonds. The molecule has 2 heterocycles. The van der Waals surface area contributed by atoms with E-state index in [-0.39, 0.29) is 30.0 Å². The summed E-state index contributed by atoms with van der Waals surface area (Å²) in [4.78, 5) is 41.8. The highest BCUT2D eigenvalue weighted by Crippen LogP contribution is 2.55. The van der Waals surface area contributed by atoms with Crippen LogP contribution < -0.4 is 15.1 Å². The smallest absolute Gasteiger partial charge is 0.269 e. The van der Waals surface area contributed by atoms with Gasteiger partial charge in [0.15, 0.2) is 0 Å². The van der Waals surface area contributed by atoms with Gasteiger partial charge in [0.25, 0.3) is 5.91 Å². The van der Waals surface area contributed by atoms with Crippen LogP contribution in [-0.4, -0.2) is 30.0 Å². The van der Waals surface area contributed by atoms with Crippen LogP contribution in [0.15, 0.2) is 72.8 Å². The average molecular weight is 458 g/mol. The van der Waals surface area contributed by atoms with Gasteiger partial charge in [-0.25, -0.2) is 0 Å². The normalized spacial score (nSPS) is 19.3. The van der Waals surface area contributed by atoms with Crippen molar-refractivity contribution < 1.29 is 14.4 Å². The molecule has 3 aromatic carbocycles. The lowest BCUT2D eigenvalue weighted by Gasteiger charge is -2.33. The molecule has 3 aromatic rings. The highest BCUT2D eigenvalue weighted by Gasteiger charge is 2.61. The van der Waals surface area contributed by atoms with Crippen LogP contribution in [0.1, 0.15) is 16.7 Å². The van der Waals surface area contributed by atoms with E-state index in [1.165, 1.54) is 16.7 Å². The minimum absolute atomic E-state index is 0.127. The van der Waals surface area contributed by atoms with Crippen LogP contribution >= 0.6 is 11.8 Å². The third-order valence-corrected chi connectivity index (χ3v) is 7.46. The van der Waals surface area contributed by atoms with E-state index in [0.717, 1.165) is 16.7 Å². The molecule has 1 N–H and O–H groups in total. The Morgan fingerprint density at radius 3 is 2.42 bits per heavy atom. The molecule has 1 atom stereocenters. The first-order chi connectivity index (χ1) is 15.9. The second kappa shape index (κ2) is 8.08. The van der Waals surface area contributed by atoms with E-state index in [4.69, 9.17) is 0 Å². The van der Waals surface area contributed by atoms with E-state index >= 15 is 0 Å². The first-order valence-corrected chi connectivity index (χ1v) is 11.7. The highest BCUT2D eigenvalue weighted by atomic mass is 32.2. The zero-order chi connectivity index (χ0) is 23.2. The minimum Gasteiger partial charge on any atom is -0.324 e. The van der Waals surface area contributed by atoms with E-state index in [9.17, 15) is 14.4 Å². The summed E-state index contributed by atoms with van der Waals surface area (Å²) in [6, 6.07) is 22.5. The zero-order valence-corrected chi connectivity index (χ0v) is 19.2. The number of nitrogens with zero attached hydrogens (tertiary/aromatic N) is 2. The molecule has 6 nitrogen and oxygen atoms in total. The third kappa shape index (κ3) is 3.40. The topological polar surface area (TPSA) is 69.7 Å². The summed E-state index contributed by atoms with van der Waals surface area (Å²) in [5, 5.41) is 2.91. The molecule has 1 fully saturated rings. The second-order valence-electron chi connectivity index (χ2n) is 8.27. The first-order valence-electron chi connectivity index (χ1n) is 10.7. The van der Waals surface area contributed by atoms with Gasteiger partial charge in [-0.15, -0.1) is 11.8 Å². The van der Waals surface area contributed by atoms with Crippen molar-refractivity contribution in [2.75, 3.05) is 27.4 Å². The molecule has 0 bridgehead atoms. The van der Waals surface area contributed by atoms with Gasteiger partial charge in [-0.2, -0.15) is 0 Å². The maximum absolute atomic E-state index is 14.0. The second-order valence-corrected chi connectivity index (χ2v) is 9.44. The van der Waals surface area contributed by atoms with Gasteiger partial charge in [-0.05, 0) is 43.7 Å². The predicted molar refractivity (Wildman–Crippen MR) is 131 cm³/mol. The van der Waals surface area contributed by atoms with Gasteiger partial charge in [0.05, 0.1) is 11.4 Å². The molecule has 166 valence electrons. The number of fused-ring (bicyclic) bond motifs is 2. The number of aryl methyl sites for hydroxylation is 2. The third-order valence-electron chi connectivity index (χ3n) is 6.08. The Hall–Kier alpha value is -3.58. The van der Waals surface area contributed by atoms with Crippen molar-refractivity contribution in [3.63, 3.8) is 0 Å². The number of thioether (sulfide) groups is 1. The molecule has 1 saturated heterocycles. The quantitative estimate of drug-likeness (QED) is 0.637. The van der Waals surface area contributed by atoms with E-state index in [1.807, 2.05) is 86.6 Å². The Kier molecular flexibility index (Phi) is 5.21. The van der Waals surface area contributed by atoms with Crippen molar-refractivity contribution in [3.8, 4) is 0 Å². The molecule has 33 heavy (non-hydrogen) atoms. The SMILES string of the molecule is Cc1ccc(N2C(=O)CSC23C(=O)N(CC(=O)Nc2ccccc2C)c2ccccc23)cc1. The number of amides is 3. The number of carbonyl (C=O) groups excluding carboxylic acids is 3. The van der Waals surface area contributed by atoms with Gasteiger partial charge in [0, 0.05) is 16.9 Å².